The summed E-state index contributed by atoms with van der Waals surface area (Å²) < 4.78 is 1.68. The van der Waals surface area contributed by atoms with Crippen LogP contribution in [0.25, 0.3) is 0 Å². The molecule has 1 N–H and O–H groups in total. The van der Waals surface area contributed by atoms with Gasteiger partial charge in [0, 0.05) is 13.2 Å². The predicted molar refractivity (Wildman–Crippen MR) is 52.6 cm³/mol. The highest BCUT2D eigenvalue weighted by Gasteiger charge is 1.98. The molecule has 0 aromatic carbocycles. The number of aromatic nitrogens is 4. The van der Waals surface area contributed by atoms with Gasteiger partial charge < -0.3 is 5.32 Å². The van der Waals surface area contributed by atoms with Crippen molar-refractivity contribution < 1.29 is 0 Å². The Labute approximate surface area is 81.8 Å². The molecule has 0 saturated carbocycles. The van der Waals surface area contributed by atoms with E-state index in [0.29, 0.717) is 6.54 Å². The quantitative estimate of drug-likeness (QED) is 0.776. The van der Waals surface area contributed by atoms with Crippen LogP contribution < -0.4 is 5.32 Å². The second-order valence-corrected chi connectivity index (χ2v) is 2.92. The van der Waals surface area contributed by atoms with Crippen molar-refractivity contribution in [1.82, 2.24) is 20.0 Å². The van der Waals surface area contributed by atoms with Gasteiger partial charge in [0.05, 0.1) is 18.4 Å². The van der Waals surface area contributed by atoms with Crippen LogP contribution in [0.2, 0.25) is 0 Å². The minimum atomic E-state index is 0.683. The van der Waals surface area contributed by atoms with E-state index < -0.39 is 0 Å². The first-order valence-electron chi connectivity index (χ1n) is 4.35. The zero-order valence-electron chi connectivity index (χ0n) is 7.88. The number of hydrogen-bond donors (Lipinski definition) is 1. The summed E-state index contributed by atoms with van der Waals surface area (Å²) >= 11 is 0. The van der Waals surface area contributed by atoms with Gasteiger partial charge in [-0.05, 0) is 12.1 Å². The Bertz CT molecular complexity index is 395. The molecule has 0 aliphatic heterocycles. The zero-order chi connectivity index (χ0) is 9.80. The second-order valence-electron chi connectivity index (χ2n) is 2.92. The van der Waals surface area contributed by atoms with Crippen molar-refractivity contribution in [3.63, 3.8) is 0 Å². The summed E-state index contributed by atoms with van der Waals surface area (Å²) in [4.78, 5) is 4.20. The van der Waals surface area contributed by atoms with Crippen LogP contribution in [0.3, 0.4) is 0 Å². The van der Waals surface area contributed by atoms with Crippen LogP contribution in [-0.2, 0) is 13.6 Å². The maximum atomic E-state index is 4.20. The van der Waals surface area contributed by atoms with Crippen LogP contribution in [0, 0.1) is 0 Å². The highest BCUT2D eigenvalue weighted by atomic mass is 15.4. The first-order chi connectivity index (χ1) is 6.86. The van der Waals surface area contributed by atoms with Gasteiger partial charge >= 0.3 is 0 Å². The molecule has 2 rings (SSSR count). The first kappa shape index (κ1) is 8.68. The fourth-order valence-electron chi connectivity index (χ4n) is 1.13. The largest absolute Gasteiger partial charge is 0.363 e. The average molecular weight is 189 g/mol. The fraction of sp³-hybridized carbons (Fsp3) is 0.222. The molecule has 0 radical (unpaired) electrons. The summed E-state index contributed by atoms with van der Waals surface area (Å²) in [6.45, 7) is 0.683. The summed E-state index contributed by atoms with van der Waals surface area (Å²) in [6.07, 6.45) is 3.46. The highest BCUT2D eigenvalue weighted by molar-refractivity contribution is 5.31. The number of nitrogens with one attached hydrogen (secondary N) is 1. The van der Waals surface area contributed by atoms with Crippen LogP contribution >= 0.6 is 0 Å². The molecule has 2 heterocycles. The molecule has 0 spiro atoms. The number of anilines is 1. The van der Waals surface area contributed by atoms with E-state index in [9.17, 15) is 0 Å². The Morgan fingerprint density at radius 2 is 2.36 bits per heavy atom. The third-order valence-electron chi connectivity index (χ3n) is 1.89. The Kier molecular flexibility index (Phi) is 2.40. The lowest BCUT2D eigenvalue weighted by Crippen LogP contribution is -2.05. The van der Waals surface area contributed by atoms with E-state index in [0.717, 1.165) is 11.5 Å². The van der Waals surface area contributed by atoms with E-state index in [-0.39, 0.29) is 0 Å². The highest BCUT2D eigenvalue weighted by Crippen LogP contribution is 2.03. The molecule has 72 valence electrons. The third kappa shape index (κ3) is 1.87. The first-order valence-corrected chi connectivity index (χ1v) is 4.35. The van der Waals surface area contributed by atoms with Crippen molar-refractivity contribution in [2.45, 2.75) is 6.54 Å². The van der Waals surface area contributed by atoms with E-state index in [1.165, 1.54) is 0 Å². The van der Waals surface area contributed by atoms with Crippen LogP contribution in [0.4, 0.5) is 5.82 Å². The van der Waals surface area contributed by atoms with Crippen molar-refractivity contribution in [1.29, 1.82) is 0 Å². The number of nitrogens with zero attached hydrogens (tertiary/aromatic N) is 4. The lowest BCUT2D eigenvalue weighted by molar-refractivity contribution is 0.716. The molecule has 2 aromatic heterocycles. The Morgan fingerprint density at radius 3 is 3.00 bits per heavy atom. The van der Waals surface area contributed by atoms with Gasteiger partial charge in [-0.1, -0.05) is 11.3 Å². The van der Waals surface area contributed by atoms with Gasteiger partial charge in [0.2, 0.25) is 0 Å². The summed E-state index contributed by atoms with van der Waals surface area (Å²) in [6, 6.07) is 5.83. The monoisotopic (exact) mass is 189 g/mol. The van der Waals surface area contributed by atoms with Gasteiger partial charge in [-0.2, -0.15) is 0 Å². The van der Waals surface area contributed by atoms with Crippen molar-refractivity contribution in [2.75, 3.05) is 5.32 Å². The van der Waals surface area contributed by atoms with Crippen molar-refractivity contribution in [3.8, 4) is 0 Å². The van der Waals surface area contributed by atoms with Gasteiger partial charge in [-0.15, -0.1) is 5.10 Å². The summed E-state index contributed by atoms with van der Waals surface area (Å²) in [5.74, 6) is 0.885. The van der Waals surface area contributed by atoms with Crippen molar-refractivity contribution in [2.24, 2.45) is 7.05 Å². The van der Waals surface area contributed by atoms with Crippen LogP contribution in [0.15, 0.2) is 30.6 Å². The number of rotatable bonds is 3. The van der Waals surface area contributed by atoms with Gasteiger partial charge in [-0.3, -0.25) is 4.98 Å². The lowest BCUT2D eigenvalue weighted by atomic mass is 10.3. The van der Waals surface area contributed by atoms with E-state index >= 15 is 0 Å². The third-order valence-corrected chi connectivity index (χ3v) is 1.89. The van der Waals surface area contributed by atoms with Gasteiger partial charge in [-0.25, -0.2) is 4.68 Å². The van der Waals surface area contributed by atoms with Crippen molar-refractivity contribution >= 4 is 5.82 Å². The molecule has 0 unspecified atom stereocenters. The fourth-order valence-corrected chi connectivity index (χ4v) is 1.13. The lowest BCUT2D eigenvalue weighted by Gasteiger charge is -2.03. The Hall–Kier alpha value is -1.91. The molecule has 0 saturated heterocycles. The average Bonchev–Trinajstić information content (AvgIpc) is 2.63. The number of pyridine rings is 1. The van der Waals surface area contributed by atoms with Gasteiger partial charge in [0.1, 0.15) is 5.82 Å². The summed E-state index contributed by atoms with van der Waals surface area (Å²) in [7, 11) is 1.84. The minimum Gasteiger partial charge on any atom is -0.363 e. The van der Waals surface area contributed by atoms with Gasteiger partial charge in [0.25, 0.3) is 0 Å². The molecule has 0 aliphatic carbocycles. The molecule has 2 aromatic rings. The van der Waals surface area contributed by atoms with Gasteiger partial charge in [0.15, 0.2) is 0 Å². The van der Waals surface area contributed by atoms with Crippen LogP contribution in [0.1, 0.15) is 5.69 Å². The molecule has 0 fully saturated rings. The van der Waals surface area contributed by atoms with E-state index in [1.54, 1.807) is 17.1 Å². The minimum absolute atomic E-state index is 0.683. The standard InChI is InChI=1S/C9H11N5/c1-14-9(7-12-13-14)11-6-8-4-2-3-5-10-8/h2-5,7,11H,6H2,1H3. The smallest absolute Gasteiger partial charge is 0.144 e. The molecule has 0 atom stereocenters. The molecule has 14 heavy (non-hydrogen) atoms. The molecule has 0 amide bonds. The van der Waals surface area contributed by atoms with Crippen LogP contribution in [-0.4, -0.2) is 20.0 Å². The number of aryl methyl sites for hydroxylation is 1. The Balaban J connectivity index is 1.99. The van der Waals surface area contributed by atoms with E-state index in [2.05, 4.69) is 20.6 Å². The molecule has 0 bridgehead atoms. The SMILES string of the molecule is Cn1nncc1NCc1ccccn1. The zero-order valence-corrected chi connectivity index (χ0v) is 7.88. The molecule has 5 heteroatoms. The summed E-state index contributed by atoms with van der Waals surface area (Å²) in [5, 5.41) is 10.8. The maximum absolute atomic E-state index is 4.20. The maximum Gasteiger partial charge on any atom is 0.144 e. The van der Waals surface area contributed by atoms with Crippen LogP contribution in [0.5, 0.6) is 0 Å². The normalized spacial score (nSPS) is 10.1. The van der Waals surface area contributed by atoms with E-state index in [4.69, 9.17) is 0 Å². The van der Waals surface area contributed by atoms with E-state index in [1.807, 2.05) is 25.2 Å². The topological polar surface area (TPSA) is 55.6 Å². The Morgan fingerprint density at radius 1 is 1.43 bits per heavy atom. The molecule has 0 aliphatic rings. The predicted octanol–water partition coefficient (Wildman–Crippen LogP) is 0.822. The molecule has 5 nitrogen and oxygen atoms in total. The molecular formula is C9H11N5. The second kappa shape index (κ2) is 3.87. The van der Waals surface area contributed by atoms with Crippen molar-refractivity contribution in [3.05, 3.63) is 36.3 Å². The molecular weight excluding hydrogens is 178 g/mol. The number of hydrogen-bond acceptors (Lipinski definition) is 4. The summed E-state index contributed by atoms with van der Waals surface area (Å²) in [5.41, 5.74) is 0.994.